The van der Waals surface area contributed by atoms with Crippen LogP contribution in [0.2, 0.25) is 0 Å². The molecule has 0 aliphatic heterocycles. The first kappa shape index (κ1) is 20.6. The van der Waals surface area contributed by atoms with Crippen LogP contribution >= 0.6 is 23.5 Å². The second kappa shape index (κ2) is 13.3. The zero-order valence-corrected chi connectivity index (χ0v) is 15.5. The lowest BCUT2D eigenvalue weighted by atomic mass is 10.4. The summed E-state index contributed by atoms with van der Waals surface area (Å²) in [6, 6.07) is 0. The molecule has 0 unspecified atom stereocenters. The van der Waals surface area contributed by atoms with E-state index in [4.69, 9.17) is 0 Å². The first-order valence-electron chi connectivity index (χ1n) is 7.93. The van der Waals surface area contributed by atoms with Gasteiger partial charge >= 0.3 is 0 Å². The van der Waals surface area contributed by atoms with Gasteiger partial charge in [0.25, 0.3) is 10.5 Å². The number of hydrogen-bond acceptors (Lipinski definition) is 4. The molecule has 0 atom stereocenters. The Morgan fingerprint density at radius 3 is 1.19 bits per heavy atom. The Morgan fingerprint density at radius 1 is 0.667 bits per heavy atom. The van der Waals surface area contributed by atoms with Crippen LogP contribution in [0.25, 0.3) is 0 Å². The summed E-state index contributed by atoms with van der Waals surface area (Å²) in [5.41, 5.74) is 0. The predicted molar refractivity (Wildman–Crippen MR) is 95.2 cm³/mol. The van der Waals surface area contributed by atoms with Gasteiger partial charge in [-0.05, 0) is 25.7 Å². The average molecular weight is 335 g/mol. The van der Waals surface area contributed by atoms with Gasteiger partial charge < -0.3 is 9.80 Å². The summed E-state index contributed by atoms with van der Waals surface area (Å²) in [5.74, 6) is 0. The van der Waals surface area contributed by atoms with Gasteiger partial charge in [0.1, 0.15) is 0 Å². The van der Waals surface area contributed by atoms with Gasteiger partial charge in [-0.1, -0.05) is 51.2 Å². The Hall–Kier alpha value is -0.360. The van der Waals surface area contributed by atoms with E-state index in [2.05, 4.69) is 27.7 Å². The average Bonchev–Trinajstić information content (AvgIpc) is 2.46. The van der Waals surface area contributed by atoms with Crippen LogP contribution < -0.4 is 0 Å². The highest BCUT2D eigenvalue weighted by Crippen LogP contribution is 2.20. The maximum atomic E-state index is 12.1. The third kappa shape index (κ3) is 9.30. The molecular formula is C15H30N2O2S2. The van der Waals surface area contributed by atoms with E-state index in [1.54, 1.807) is 0 Å². The highest BCUT2D eigenvalue weighted by atomic mass is 32.2. The molecule has 0 rings (SSSR count). The first-order chi connectivity index (χ1) is 10.1. The number of thioether (sulfide) groups is 2. The van der Waals surface area contributed by atoms with Crippen molar-refractivity contribution in [2.75, 3.05) is 31.3 Å². The summed E-state index contributed by atoms with van der Waals surface area (Å²) < 4.78 is 0. The van der Waals surface area contributed by atoms with E-state index in [1.165, 1.54) is 23.5 Å². The van der Waals surface area contributed by atoms with Crippen LogP contribution in [0.4, 0.5) is 9.59 Å². The SMILES string of the molecule is CCCN(CCC)C(=O)SCSC(=O)N(CCC)CCC. The third-order valence-electron chi connectivity index (χ3n) is 2.86. The predicted octanol–water partition coefficient (Wildman–Crippen LogP) is 4.89. The Bertz CT molecular complexity index is 261. The zero-order valence-electron chi connectivity index (χ0n) is 13.9. The number of rotatable bonds is 10. The summed E-state index contributed by atoms with van der Waals surface area (Å²) in [4.78, 5) is 27.9. The molecule has 4 nitrogen and oxygen atoms in total. The lowest BCUT2D eigenvalue weighted by molar-refractivity contribution is 0.223. The van der Waals surface area contributed by atoms with Crippen molar-refractivity contribution < 1.29 is 9.59 Å². The van der Waals surface area contributed by atoms with Gasteiger partial charge in [-0.25, -0.2) is 0 Å². The Labute approximate surface area is 138 Å². The van der Waals surface area contributed by atoms with E-state index in [9.17, 15) is 9.59 Å². The molecule has 21 heavy (non-hydrogen) atoms. The molecule has 0 saturated heterocycles. The van der Waals surface area contributed by atoms with E-state index in [-0.39, 0.29) is 10.5 Å². The summed E-state index contributed by atoms with van der Waals surface area (Å²) >= 11 is 2.50. The second-order valence-corrected chi connectivity index (χ2v) is 7.13. The van der Waals surface area contributed by atoms with E-state index < -0.39 is 0 Å². The molecule has 0 fully saturated rings. The van der Waals surface area contributed by atoms with Crippen molar-refractivity contribution in [3.05, 3.63) is 0 Å². The van der Waals surface area contributed by atoms with Crippen LogP contribution in [0.1, 0.15) is 53.4 Å². The lowest BCUT2D eigenvalue weighted by Gasteiger charge is -2.22. The molecular weight excluding hydrogens is 304 g/mol. The normalized spacial score (nSPS) is 10.5. The molecule has 0 aromatic carbocycles. The second-order valence-electron chi connectivity index (χ2n) is 4.91. The number of carbonyl (C=O) groups excluding carboxylic acids is 2. The molecule has 0 aromatic rings. The molecule has 0 heterocycles. The van der Waals surface area contributed by atoms with Crippen LogP contribution in [0.15, 0.2) is 0 Å². The van der Waals surface area contributed by atoms with Gasteiger partial charge in [0.2, 0.25) is 0 Å². The monoisotopic (exact) mass is 334 g/mol. The molecule has 0 bridgehead atoms. The van der Waals surface area contributed by atoms with Crippen LogP contribution in [-0.4, -0.2) is 51.5 Å². The van der Waals surface area contributed by atoms with E-state index in [0.717, 1.165) is 51.9 Å². The lowest BCUT2D eigenvalue weighted by Crippen LogP contribution is -2.30. The van der Waals surface area contributed by atoms with Crippen molar-refractivity contribution in [3.8, 4) is 0 Å². The van der Waals surface area contributed by atoms with Crippen molar-refractivity contribution in [2.24, 2.45) is 0 Å². The Kier molecular flexibility index (Phi) is 13.1. The van der Waals surface area contributed by atoms with Gasteiger partial charge in [-0.15, -0.1) is 0 Å². The topological polar surface area (TPSA) is 40.6 Å². The standard InChI is InChI=1S/C15H30N2O2S2/c1-5-9-16(10-6-2)14(18)20-13-21-15(19)17(11-7-3)12-8-4/h5-13H2,1-4H3. The van der Waals surface area contributed by atoms with Crippen molar-refractivity contribution in [1.82, 2.24) is 9.80 Å². The van der Waals surface area contributed by atoms with Crippen LogP contribution in [0.5, 0.6) is 0 Å². The van der Waals surface area contributed by atoms with Gasteiger partial charge in [0, 0.05) is 26.2 Å². The minimum Gasteiger partial charge on any atom is -0.334 e. The maximum absolute atomic E-state index is 12.1. The molecule has 0 saturated carbocycles. The molecule has 0 aliphatic carbocycles. The highest BCUT2D eigenvalue weighted by Gasteiger charge is 2.16. The first-order valence-corrected chi connectivity index (χ1v) is 9.91. The minimum atomic E-state index is 0.0940. The van der Waals surface area contributed by atoms with Gasteiger partial charge in [0.05, 0.1) is 5.08 Å². The van der Waals surface area contributed by atoms with Gasteiger partial charge in [-0.2, -0.15) is 0 Å². The summed E-state index contributed by atoms with van der Waals surface area (Å²) in [6.45, 7) is 11.5. The summed E-state index contributed by atoms with van der Waals surface area (Å²) in [7, 11) is 0. The fraction of sp³-hybridized carbons (Fsp3) is 0.867. The molecule has 6 heteroatoms. The smallest absolute Gasteiger partial charge is 0.282 e. The summed E-state index contributed by atoms with van der Waals surface area (Å²) in [6.07, 6.45) is 3.89. The van der Waals surface area contributed by atoms with Crippen LogP contribution in [0.3, 0.4) is 0 Å². The number of carbonyl (C=O) groups is 2. The van der Waals surface area contributed by atoms with Crippen molar-refractivity contribution in [3.63, 3.8) is 0 Å². The molecule has 0 aliphatic rings. The molecule has 124 valence electrons. The molecule has 2 amide bonds. The molecule has 0 radical (unpaired) electrons. The Morgan fingerprint density at radius 2 is 0.952 bits per heavy atom. The summed E-state index contributed by atoms with van der Waals surface area (Å²) in [5, 5.41) is 0.694. The van der Waals surface area contributed by atoms with Crippen molar-refractivity contribution in [1.29, 1.82) is 0 Å². The van der Waals surface area contributed by atoms with E-state index >= 15 is 0 Å². The van der Waals surface area contributed by atoms with Crippen LogP contribution in [0, 0.1) is 0 Å². The number of nitrogens with zero attached hydrogens (tertiary/aromatic N) is 2. The fourth-order valence-corrected chi connectivity index (χ4v) is 3.75. The maximum Gasteiger partial charge on any atom is 0.282 e. The van der Waals surface area contributed by atoms with Crippen molar-refractivity contribution in [2.45, 2.75) is 53.4 Å². The van der Waals surface area contributed by atoms with E-state index in [1.807, 2.05) is 9.80 Å². The zero-order chi connectivity index (χ0) is 16.1. The Balaban J connectivity index is 4.14. The van der Waals surface area contributed by atoms with Gasteiger partial charge in [0.15, 0.2) is 0 Å². The molecule has 0 N–H and O–H groups in total. The number of amides is 2. The molecule has 0 spiro atoms. The van der Waals surface area contributed by atoms with Crippen molar-refractivity contribution >= 4 is 34.0 Å². The fourth-order valence-electron chi connectivity index (χ4n) is 1.98. The van der Waals surface area contributed by atoms with E-state index in [0.29, 0.717) is 5.08 Å². The molecule has 0 aromatic heterocycles. The number of hydrogen-bond donors (Lipinski definition) is 0. The quantitative estimate of drug-likeness (QED) is 0.533. The highest BCUT2D eigenvalue weighted by molar-refractivity contribution is 8.28. The van der Waals surface area contributed by atoms with Crippen LogP contribution in [-0.2, 0) is 0 Å². The largest absolute Gasteiger partial charge is 0.334 e. The minimum absolute atomic E-state index is 0.0940. The third-order valence-corrected chi connectivity index (χ3v) is 4.81. The van der Waals surface area contributed by atoms with Gasteiger partial charge in [-0.3, -0.25) is 9.59 Å².